The molecule has 2 aromatic carbocycles. The van der Waals surface area contributed by atoms with E-state index in [1.165, 1.54) is 17.5 Å². The van der Waals surface area contributed by atoms with E-state index in [0.29, 0.717) is 12.2 Å². The molecule has 0 amide bonds. The van der Waals surface area contributed by atoms with Crippen LogP contribution in [-0.2, 0) is 12.8 Å². The molecule has 0 saturated heterocycles. The van der Waals surface area contributed by atoms with Crippen molar-refractivity contribution in [2.45, 2.75) is 39.0 Å². The Balaban J connectivity index is 1.93. The molecule has 1 aliphatic rings. The highest BCUT2D eigenvalue weighted by molar-refractivity contribution is 5.91. The van der Waals surface area contributed by atoms with Crippen LogP contribution in [0.4, 0.5) is 0 Å². The van der Waals surface area contributed by atoms with E-state index in [9.17, 15) is 4.79 Å². The van der Waals surface area contributed by atoms with Crippen LogP contribution < -0.4 is 14.9 Å². The van der Waals surface area contributed by atoms with Gasteiger partial charge in [0.1, 0.15) is 11.5 Å². The fourth-order valence-corrected chi connectivity index (χ4v) is 3.93. The van der Waals surface area contributed by atoms with Gasteiger partial charge in [0.2, 0.25) is 0 Å². The minimum absolute atomic E-state index is 0.0778. The van der Waals surface area contributed by atoms with E-state index in [-0.39, 0.29) is 5.43 Å². The molecule has 0 unspecified atom stereocenters. The lowest BCUT2D eigenvalue weighted by molar-refractivity contribution is 0.320. The van der Waals surface area contributed by atoms with E-state index >= 15 is 0 Å². The largest absolute Gasteiger partial charge is 0.497 e. The Morgan fingerprint density at radius 3 is 2.63 bits per heavy atom. The molecule has 4 nitrogen and oxygen atoms in total. The Kier molecular flexibility index (Phi) is 4.88. The molecule has 1 N–H and O–H groups in total. The summed E-state index contributed by atoms with van der Waals surface area (Å²) >= 11 is 0. The number of H-pyrrole nitrogens is 1. The average molecular weight is 363 g/mol. The first kappa shape index (κ1) is 17.7. The van der Waals surface area contributed by atoms with Gasteiger partial charge in [-0.1, -0.05) is 19.1 Å². The molecule has 0 aliphatic heterocycles. The van der Waals surface area contributed by atoms with Gasteiger partial charge in [0, 0.05) is 11.8 Å². The minimum atomic E-state index is 0.0778. The summed E-state index contributed by atoms with van der Waals surface area (Å²) in [5.74, 6) is 1.58. The summed E-state index contributed by atoms with van der Waals surface area (Å²) < 4.78 is 11.2. The first-order valence-electron chi connectivity index (χ1n) is 9.70. The second-order valence-corrected chi connectivity index (χ2v) is 7.08. The maximum absolute atomic E-state index is 13.5. The van der Waals surface area contributed by atoms with E-state index in [1.54, 1.807) is 13.3 Å². The molecular formula is C23H25NO3. The topological polar surface area (TPSA) is 51.3 Å². The second kappa shape index (κ2) is 7.47. The standard InChI is InChI=1S/C23H25NO3/c1-3-12-27-20-13-16-6-4-5-7-18(16)21-22(20)24-14-19(23(21)25)15-8-10-17(26-2)11-9-15/h8-11,13-14H,3-7,12H2,1-2H3,(H,24,25). The summed E-state index contributed by atoms with van der Waals surface area (Å²) in [6.45, 7) is 2.74. The number of hydrogen-bond donors (Lipinski definition) is 1. The van der Waals surface area contributed by atoms with Crippen molar-refractivity contribution < 1.29 is 9.47 Å². The number of methoxy groups -OCH3 is 1. The summed E-state index contributed by atoms with van der Waals surface area (Å²) in [5.41, 5.74) is 4.93. The van der Waals surface area contributed by atoms with Gasteiger partial charge in [-0.15, -0.1) is 0 Å². The van der Waals surface area contributed by atoms with Gasteiger partial charge in [-0.3, -0.25) is 4.79 Å². The molecule has 27 heavy (non-hydrogen) atoms. The Morgan fingerprint density at radius 2 is 1.89 bits per heavy atom. The number of pyridine rings is 1. The normalized spacial score (nSPS) is 13.4. The summed E-state index contributed by atoms with van der Waals surface area (Å²) in [7, 11) is 1.64. The van der Waals surface area contributed by atoms with Gasteiger partial charge in [0.25, 0.3) is 0 Å². The number of ether oxygens (including phenoxy) is 2. The fourth-order valence-electron chi connectivity index (χ4n) is 3.93. The number of fused-ring (bicyclic) bond motifs is 3. The van der Waals surface area contributed by atoms with Crippen LogP contribution in [0.5, 0.6) is 11.5 Å². The van der Waals surface area contributed by atoms with Gasteiger partial charge in [0.15, 0.2) is 5.43 Å². The third-order valence-electron chi connectivity index (χ3n) is 5.31. The predicted octanol–water partition coefficient (Wildman–Crippen LogP) is 4.87. The quantitative estimate of drug-likeness (QED) is 0.703. The van der Waals surface area contributed by atoms with Crippen LogP contribution in [0.3, 0.4) is 0 Å². The highest BCUT2D eigenvalue weighted by Crippen LogP contribution is 2.34. The van der Waals surface area contributed by atoms with Gasteiger partial charge in [-0.2, -0.15) is 0 Å². The Hall–Kier alpha value is -2.75. The number of aryl methyl sites for hydroxylation is 2. The fraction of sp³-hybridized carbons (Fsp3) is 0.348. The van der Waals surface area contributed by atoms with Crippen molar-refractivity contribution in [1.29, 1.82) is 0 Å². The van der Waals surface area contributed by atoms with Crippen molar-refractivity contribution >= 4 is 10.9 Å². The first-order valence-corrected chi connectivity index (χ1v) is 9.70. The summed E-state index contributed by atoms with van der Waals surface area (Å²) in [4.78, 5) is 16.8. The molecular weight excluding hydrogens is 338 g/mol. The van der Waals surface area contributed by atoms with E-state index < -0.39 is 0 Å². The third kappa shape index (κ3) is 3.20. The van der Waals surface area contributed by atoms with Crippen molar-refractivity contribution in [2.75, 3.05) is 13.7 Å². The molecule has 140 valence electrons. The Labute approximate surface area is 159 Å². The minimum Gasteiger partial charge on any atom is -0.497 e. The monoisotopic (exact) mass is 363 g/mol. The highest BCUT2D eigenvalue weighted by Gasteiger charge is 2.20. The van der Waals surface area contributed by atoms with Crippen molar-refractivity contribution in [3.8, 4) is 22.6 Å². The number of rotatable bonds is 5. The zero-order valence-electron chi connectivity index (χ0n) is 15.9. The maximum atomic E-state index is 13.5. The number of aromatic nitrogens is 1. The van der Waals surface area contributed by atoms with E-state index in [1.807, 2.05) is 24.3 Å². The van der Waals surface area contributed by atoms with Gasteiger partial charge in [-0.25, -0.2) is 0 Å². The lowest BCUT2D eigenvalue weighted by Crippen LogP contribution is -2.14. The maximum Gasteiger partial charge on any atom is 0.197 e. The van der Waals surface area contributed by atoms with Crippen molar-refractivity contribution in [2.24, 2.45) is 0 Å². The molecule has 1 aromatic heterocycles. The zero-order valence-corrected chi connectivity index (χ0v) is 15.9. The lowest BCUT2D eigenvalue weighted by Gasteiger charge is -2.20. The molecule has 0 spiro atoms. The van der Waals surface area contributed by atoms with Crippen molar-refractivity contribution in [3.05, 3.63) is 57.9 Å². The number of hydrogen-bond acceptors (Lipinski definition) is 3. The summed E-state index contributed by atoms with van der Waals surface area (Å²) in [6, 6.07) is 9.76. The molecule has 3 aromatic rings. The summed E-state index contributed by atoms with van der Waals surface area (Å²) in [5, 5.41) is 0.798. The number of nitrogens with one attached hydrogen (secondary N) is 1. The molecule has 0 bridgehead atoms. The summed E-state index contributed by atoms with van der Waals surface area (Å²) in [6.07, 6.45) is 7.01. The van der Waals surface area contributed by atoms with Crippen LogP contribution in [-0.4, -0.2) is 18.7 Å². The van der Waals surface area contributed by atoms with Crippen LogP contribution in [0, 0.1) is 0 Å². The van der Waals surface area contributed by atoms with Gasteiger partial charge < -0.3 is 14.5 Å². The molecule has 4 heteroatoms. The SMILES string of the molecule is CCCOc1cc2c(c3c(=O)c(-c4ccc(OC)cc4)c[nH]c13)CCCC2. The molecule has 0 fully saturated rings. The van der Waals surface area contributed by atoms with Gasteiger partial charge in [-0.05, 0) is 67.0 Å². The Morgan fingerprint density at radius 1 is 1.11 bits per heavy atom. The second-order valence-electron chi connectivity index (χ2n) is 7.08. The van der Waals surface area contributed by atoms with Gasteiger partial charge in [0.05, 0.1) is 24.6 Å². The lowest BCUT2D eigenvalue weighted by atomic mass is 9.87. The number of benzene rings is 2. The van der Waals surface area contributed by atoms with E-state index in [4.69, 9.17) is 9.47 Å². The predicted molar refractivity (Wildman–Crippen MR) is 109 cm³/mol. The Bertz CT molecular complexity index is 1020. The molecule has 1 heterocycles. The number of aromatic amines is 1. The molecule has 1 aliphatic carbocycles. The zero-order chi connectivity index (χ0) is 18.8. The average Bonchev–Trinajstić information content (AvgIpc) is 2.72. The van der Waals surface area contributed by atoms with Crippen molar-refractivity contribution in [3.63, 3.8) is 0 Å². The van der Waals surface area contributed by atoms with E-state index in [2.05, 4.69) is 18.0 Å². The van der Waals surface area contributed by atoms with Crippen LogP contribution in [0.1, 0.15) is 37.3 Å². The van der Waals surface area contributed by atoms with Gasteiger partial charge >= 0.3 is 0 Å². The van der Waals surface area contributed by atoms with Crippen molar-refractivity contribution in [1.82, 2.24) is 4.98 Å². The third-order valence-corrected chi connectivity index (χ3v) is 5.31. The highest BCUT2D eigenvalue weighted by atomic mass is 16.5. The molecule has 0 radical (unpaired) electrons. The van der Waals surface area contributed by atoms with Crippen LogP contribution in [0.25, 0.3) is 22.0 Å². The van der Waals surface area contributed by atoms with Crippen LogP contribution in [0.2, 0.25) is 0 Å². The smallest absolute Gasteiger partial charge is 0.197 e. The van der Waals surface area contributed by atoms with E-state index in [0.717, 1.165) is 53.6 Å². The molecule has 0 atom stereocenters. The first-order chi connectivity index (χ1) is 13.2. The van der Waals surface area contributed by atoms with Crippen LogP contribution >= 0.6 is 0 Å². The molecule has 4 rings (SSSR count). The molecule has 0 saturated carbocycles. The van der Waals surface area contributed by atoms with Crippen LogP contribution in [0.15, 0.2) is 41.3 Å².